The van der Waals surface area contributed by atoms with Gasteiger partial charge in [0, 0.05) is 5.56 Å². The second-order valence-electron chi connectivity index (χ2n) is 5.13. The number of rotatable bonds is 2. The maximum atomic E-state index is 12.4. The molecule has 1 aromatic carbocycles. The van der Waals surface area contributed by atoms with Crippen molar-refractivity contribution in [2.75, 3.05) is 0 Å². The lowest BCUT2D eigenvalue weighted by Crippen LogP contribution is -2.04. The minimum Gasteiger partial charge on any atom is -0.372 e. The fraction of sp³-hybridized carbons (Fsp3) is 0.438. The van der Waals surface area contributed by atoms with Gasteiger partial charge in [-0.15, -0.1) is 0 Å². The van der Waals surface area contributed by atoms with Crippen LogP contribution in [0.15, 0.2) is 29.8 Å². The molecule has 0 fully saturated rings. The Labute approximate surface area is 108 Å². The number of hydrogen-bond acceptors (Lipinski definition) is 2. The number of allylic oxidation sites excluding steroid dienone is 2. The number of fused-ring (bicyclic) bond motifs is 1. The molecule has 0 radical (unpaired) electrons. The lowest BCUT2D eigenvalue weighted by molar-refractivity contribution is 0.103. The maximum Gasteiger partial charge on any atom is 0.188 e. The summed E-state index contributed by atoms with van der Waals surface area (Å²) >= 11 is 0. The van der Waals surface area contributed by atoms with Crippen LogP contribution in [0.25, 0.3) is 0 Å². The van der Waals surface area contributed by atoms with Crippen molar-refractivity contribution in [3.05, 3.63) is 46.5 Å². The predicted octanol–water partition coefficient (Wildman–Crippen LogP) is 3.79. The summed E-state index contributed by atoms with van der Waals surface area (Å²) in [4.78, 5) is 12.4. The van der Waals surface area contributed by atoms with Gasteiger partial charge in [0.15, 0.2) is 5.78 Å². The van der Waals surface area contributed by atoms with Crippen LogP contribution in [0.3, 0.4) is 0 Å². The third kappa shape index (κ3) is 2.25. The molecule has 0 saturated heterocycles. The number of hydrogen-bond donors (Lipinski definition) is 0. The van der Waals surface area contributed by atoms with E-state index in [0.717, 1.165) is 30.4 Å². The van der Waals surface area contributed by atoms with Gasteiger partial charge in [-0.1, -0.05) is 24.6 Å². The van der Waals surface area contributed by atoms with Crippen LogP contribution in [0.1, 0.15) is 53.6 Å². The fourth-order valence-corrected chi connectivity index (χ4v) is 2.72. The second-order valence-corrected chi connectivity index (χ2v) is 5.13. The zero-order valence-corrected chi connectivity index (χ0v) is 10.6. The van der Waals surface area contributed by atoms with Crippen LogP contribution in [0.5, 0.6) is 0 Å². The van der Waals surface area contributed by atoms with E-state index < -0.39 is 0 Å². The minimum absolute atomic E-state index is 0.214. The Kier molecular flexibility index (Phi) is 3.28. The van der Waals surface area contributed by atoms with E-state index in [9.17, 15) is 4.79 Å². The zero-order chi connectivity index (χ0) is 12.4. The molecule has 1 aromatic rings. The van der Waals surface area contributed by atoms with Crippen LogP contribution in [-0.2, 0) is 18.0 Å². The van der Waals surface area contributed by atoms with Crippen LogP contribution in [0.4, 0.5) is 0 Å². The minimum atomic E-state index is 0.214. The average molecular weight is 242 g/mol. The monoisotopic (exact) mass is 242 g/mol. The van der Waals surface area contributed by atoms with E-state index >= 15 is 0 Å². The number of benzene rings is 1. The van der Waals surface area contributed by atoms with E-state index in [1.165, 1.54) is 24.0 Å². The molecule has 0 saturated carbocycles. The third-order valence-electron chi connectivity index (χ3n) is 3.82. The van der Waals surface area contributed by atoms with Gasteiger partial charge < -0.3 is 4.74 Å². The van der Waals surface area contributed by atoms with Crippen molar-refractivity contribution < 1.29 is 9.53 Å². The molecule has 1 aliphatic heterocycles. The van der Waals surface area contributed by atoms with Gasteiger partial charge in [0.05, 0.1) is 13.2 Å². The van der Waals surface area contributed by atoms with Crippen molar-refractivity contribution in [1.29, 1.82) is 0 Å². The molecule has 2 heteroatoms. The topological polar surface area (TPSA) is 26.3 Å². The smallest absolute Gasteiger partial charge is 0.188 e. The molecule has 0 amide bonds. The first-order valence-electron chi connectivity index (χ1n) is 6.78. The Balaban J connectivity index is 1.85. The van der Waals surface area contributed by atoms with E-state index in [0.29, 0.717) is 13.2 Å². The zero-order valence-electron chi connectivity index (χ0n) is 10.6. The Morgan fingerprint density at radius 2 is 1.94 bits per heavy atom. The van der Waals surface area contributed by atoms with Gasteiger partial charge in [0.2, 0.25) is 0 Å². The van der Waals surface area contributed by atoms with Crippen LogP contribution < -0.4 is 0 Å². The molecule has 0 aromatic heterocycles. The molecule has 0 unspecified atom stereocenters. The van der Waals surface area contributed by atoms with Gasteiger partial charge in [0.1, 0.15) is 0 Å². The van der Waals surface area contributed by atoms with Crippen molar-refractivity contribution in [3.8, 4) is 0 Å². The Hall–Kier alpha value is -1.41. The number of Topliss-reactive ketones (excluding diaryl/α,β-unsaturated/α-hetero) is 1. The molecule has 2 aliphatic rings. The van der Waals surface area contributed by atoms with Crippen molar-refractivity contribution in [1.82, 2.24) is 0 Å². The van der Waals surface area contributed by atoms with Crippen LogP contribution >= 0.6 is 0 Å². The Morgan fingerprint density at radius 1 is 1.06 bits per heavy atom. The summed E-state index contributed by atoms with van der Waals surface area (Å²) in [5.41, 5.74) is 4.23. The molecule has 3 rings (SSSR count). The van der Waals surface area contributed by atoms with Gasteiger partial charge in [-0.05, 0) is 48.4 Å². The summed E-state index contributed by atoms with van der Waals surface area (Å²) in [6, 6.07) is 5.99. The van der Waals surface area contributed by atoms with E-state index in [2.05, 4.69) is 6.08 Å². The lowest BCUT2D eigenvalue weighted by Gasteiger charge is -2.06. The van der Waals surface area contributed by atoms with Crippen LogP contribution in [0, 0.1) is 0 Å². The van der Waals surface area contributed by atoms with Crippen molar-refractivity contribution in [2.45, 2.75) is 45.3 Å². The van der Waals surface area contributed by atoms with E-state index in [1.807, 2.05) is 18.2 Å². The Morgan fingerprint density at radius 3 is 2.89 bits per heavy atom. The standard InChI is InChI=1S/C16H18O2/c17-16(12-5-3-1-2-4-6-12)13-7-8-14-10-18-11-15(14)9-13/h5,7-9H,1-4,6,10-11H2. The molecule has 0 spiro atoms. The molecule has 18 heavy (non-hydrogen) atoms. The molecule has 2 nitrogen and oxygen atoms in total. The first-order chi connectivity index (χ1) is 8.84. The van der Waals surface area contributed by atoms with Gasteiger partial charge in [-0.3, -0.25) is 4.79 Å². The quantitative estimate of drug-likeness (QED) is 0.737. The van der Waals surface area contributed by atoms with E-state index in [1.54, 1.807) is 0 Å². The first kappa shape index (κ1) is 11.7. The largest absolute Gasteiger partial charge is 0.372 e. The van der Waals surface area contributed by atoms with Gasteiger partial charge in [0.25, 0.3) is 0 Å². The second kappa shape index (κ2) is 5.07. The van der Waals surface area contributed by atoms with Crippen LogP contribution in [0.2, 0.25) is 0 Å². The SMILES string of the molecule is O=C(C1=CCCCCC1)c1ccc2c(c1)COC2. The van der Waals surface area contributed by atoms with Crippen molar-refractivity contribution >= 4 is 5.78 Å². The van der Waals surface area contributed by atoms with Crippen molar-refractivity contribution in [3.63, 3.8) is 0 Å². The highest BCUT2D eigenvalue weighted by Gasteiger charge is 2.17. The maximum absolute atomic E-state index is 12.4. The molecular weight excluding hydrogens is 224 g/mol. The number of carbonyl (C=O) groups is 1. The fourth-order valence-electron chi connectivity index (χ4n) is 2.72. The molecule has 0 N–H and O–H groups in total. The highest BCUT2D eigenvalue weighted by Crippen LogP contribution is 2.25. The summed E-state index contributed by atoms with van der Waals surface area (Å²) in [6.07, 6.45) is 7.73. The number of ether oxygens (including phenoxy) is 1. The Bertz CT molecular complexity index is 500. The van der Waals surface area contributed by atoms with E-state index in [4.69, 9.17) is 4.74 Å². The van der Waals surface area contributed by atoms with Crippen LogP contribution in [-0.4, -0.2) is 5.78 Å². The summed E-state index contributed by atoms with van der Waals surface area (Å²) in [5.74, 6) is 0.214. The summed E-state index contributed by atoms with van der Waals surface area (Å²) in [6.45, 7) is 1.34. The van der Waals surface area contributed by atoms with Gasteiger partial charge >= 0.3 is 0 Å². The predicted molar refractivity (Wildman–Crippen MR) is 70.4 cm³/mol. The lowest BCUT2D eigenvalue weighted by atomic mass is 9.97. The molecular formula is C16H18O2. The summed E-state index contributed by atoms with van der Waals surface area (Å²) in [7, 11) is 0. The molecule has 1 heterocycles. The van der Waals surface area contributed by atoms with Gasteiger partial charge in [-0.2, -0.15) is 0 Å². The summed E-state index contributed by atoms with van der Waals surface area (Å²) in [5, 5.41) is 0. The average Bonchev–Trinajstić information content (AvgIpc) is 2.69. The molecule has 0 bridgehead atoms. The molecule has 94 valence electrons. The van der Waals surface area contributed by atoms with E-state index in [-0.39, 0.29) is 5.78 Å². The highest BCUT2D eigenvalue weighted by molar-refractivity contribution is 6.08. The third-order valence-corrected chi connectivity index (χ3v) is 3.82. The normalized spacial score (nSPS) is 19.0. The van der Waals surface area contributed by atoms with Crippen molar-refractivity contribution in [2.24, 2.45) is 0 Å². The summed E-state index contributed by atoms with van der Waals surface area (Å²) < 4.78 is 5.39. The highest BCUT2D eigenvalue weighted by atomic mass is 16.5. The number of ketones is 1. The number of carbonyl (C=O) groups excluding carboxylic acids is 1. The molecule has 0 atom stereocenters. The van der Waals surface area contributed by atoms with Gasteiger partial charge in [-0.25, -0.2) is 0 Å². The molecule has 1 aliphatic carbocycles. The first-order valence-corrected chi connectivity index (χ1v) is 6.78.